The second-order valence-corrected chi connectivity index (χ2v) is 4.43. The van der Waals surface area contributed by atoms with Gasteiger partial charge in [0.15, 0.2) is 17.3 Å². The van der Waals surface area contributed by atoms with Gasteiger partial charge in [-0.15, -0.1) is 0 Å². The van der Waals surface area contributed by atoms with Crippen LogP contribution in [0.4, 0.5) is 4.39 Å². The molecular weight excluding hydrogens is 233 g/mol. The zero-order chi connectivity index (χ0) is 13.8. The van der Waals surface area contributed by atoms with E-state index in [9.17, 15) is 9.18 Å². The molecule has 0 aromatic heterocycles. The highest BCUT2D eigenvalue weighted by atomic mass is 19.1. The van der Waals surface area contributed by atoms with E-state index in [1.807, 2.05) is 13.8 Å². The van der Waals surface area contributed by atoms with Crippen LogP contribution in [0.5, 0.6) is 5.75 Å². The summed E-state index contributed by atoms with van der Waals surface area (Å²) in [5.41, 5.74) is 5.83. The van der Waals surface area contributed by atoms with E-state index >= 15 is 0 Å². The zero-order valence-corrected chi connectivity index (χ0v) is 11.1. The van der Waals surface area contributed by atoms with Crippen LogP contribution in [0.1, 0.15) is 32.3 Å². The van der Waals surface area contributed by atoms with Gasteiger partial charge in [-0.1, -0.05) is 19.9 Å². The summed E-state index contributed by atoms with van der Waals surface area (Å²) in [7, 11) is 1.41. The quantitative estimate of drug-likeness (QED) is 0.847. The molecule has 0 saturated heterocycles. The number of hydrogen-bond acceptors (Lipinski definition) is 3. The van der Waals surface area contributed by atoms with Gasteiger partial charge in [-0.3, -0.25) is 4.79 Å². The van der Waals surface area contributed by atoms with Gasteiger partial charge in [-0.25, -0.2) is 4.39 Å². The van der Waals surface area contributed by atoms with Gasteiger partial charge in [0.2, 0.25) is 0 Å². The van der Waals surface area contributed by atoms with E-state index in [1.165, 1.54) is 19.2 Å². The Kier molecular flexibility index (Phi) is 4.84. The Morgan fingerprint density at radius 1 is 1.39 bits per heavy atom. The second-order valence-electron chi connectivity index (χ2n) is 4.43. The van der Waals surface area contributed by atoms with Crippen molar-refractivity contribution in [3.05, 3.63) is 29.6 Å². The zero-order valence-electron chi connectivity index (χ0n) is 11.1. The standard InChI is InChI=1S/C14H20FNO2/c1-4-14(16,5-2)13(17)9-10-6-7-12(18-3)11(15)8-10/h6-8H,4-5,9,16H2,1-3H3. The van der Waals surface area contributed by atoms with E-state index in [0.29, 0.717) is 18.4 Å². The first-order valence-electron chi connectivity index (χ1n) is 6.11. The average Bonchev–Trinajstić information content (AvgIpc) is 2.38. The largest absolute Gasteiger partial charge is 0.494 e. The summed E-state index contributed by atoms with van der Waals surface area (Å²) in [5.74, 6) is -0.341. The van der Waals surface area contributed by atoms with Gasteiger partial charge in [0.1, 0.15) is 0 Å². The molecule has 0 radical (unpaired) electrons. The molecule has 0 aliphatic carbocycles. The lowest BCUT2D eigenvalue weighted by molar-refractivity contribution is -0.123. The third-order valence-corrected chi connectivity index (χ3v) is 3.40. The molecule has 0 aliphatic rings. The number of methoxy groups -OCH3 is 1. The number of halogens is 1. The van der Waals surface area contributed by atoms with E-state index in [2.05, 4.69) is 0 Å². The van der Waals surface area contributed by atoms with Gasteiger partial charge in [0, 0.05) is 6.42 Å². The number of benzene rings is 1. The molecule has 1 rings (SSSR count). The molecule has 4 heteroatoms. The predicted molar refractivity (Wildman–Crippen MR) is 69.2 cm³/mol. The Labute approximate surface area is 107 Å². The molecule has 0 atom stereocenters. The third-order valence-electron chi connectivity index (χ3n) is 3.40. The maximum atomic E-state index is 13.5. The van der Waals surface area contributed by atoms with Gasteiger partial charge in [-0.05, 0) is 30.5 Å². The average molecular weight is 253 g/mol. The summed E-state index contributed by atoms with van der Waals surface area (Å²) >= 11 is 0. The fraction of sp³-hybridized carbons (Fsp3) is 0.500. The summed E-state index contributed by atoms with van der Waals surface area (Å²) in [6.07, 6.45) is 1.32. The van der Waals surface area contributed by atoms with E-state index in [1.54, 1.807) is 6.07 Å². The molecule has 100 valence electrons. The van der Waals surface area contributed by atoms with E-state index in [-0.39, 0.29) is 18.0 Å². The minimum absolute atomic E-state index is 0.0583. The Hall–Kier alpha value is -1.42. The summed E-state index contributed by atoms with van der Waals surface area (Å²) in [6.45, 7) is 3.77. The number of rotatable bonds is 6. The van der Waals surface area contributed by atoms with Crippen LogP contribution >= 0.6 is 0 Å². The summed E-state index contributed by atoms with van der Waals surface area (Å²) < 4.78 is 18.3. The number of ether oxygens (including phenoxy) is 1. The lowest BCUT2D eigenvalue weighted by Crippen LogP contribution is -2.47. The van der Waals surface area contributed by atoms with Crippen molar-refractivity contribution in [3.8, 4) is 5.75 Å². The predicted octanol–water partition coefficient (Wildman–Crippen LogP) is 2.46. The summed E-state index contributed by atoms with van der Waals surface area (Å²) in [5, 5.41) is 0. The molecule has 0 amide bonds. The van der Waals surface area contributed by atoms with Crippen molar-refractivity contribution in [2.24, 2.45) is 5.73 Å². The Morgan fingerprint density at radius 2 is 2.00 bits per heavy atom. The molecule has 3 nitrogen and oxygen atoms in total. The van der Waals surface area contributed by atoms with Crippen molar-refractivity contribution in [2.45, 2.75) is 38.6 Å². The molecule has 1 aromatic rings. The van der Waals surface area contributed by atoms with Crippen LogP contribution in [-0.2, 0) is 11.2 Å². The number of hydrogen-bond donors (Lipinski definition) is 1. The monoisotopic (exact) mass is 253 g/mol. The van der Waals surface area contributed by atoms with Crippen LogP contribution < -0.4 is 10.5 Å². The van der Waals surface area contributed by atoms with Gasteiger partial charge in [0.25, 0.3) is 0 Å². The van der Waals surface area contributed by atoms with Crippen LogP contribution in [0, 0.1) is 5.82 Å². The highest BCUT2D eigenvalue weighted by Crippen LogP contribution is 2.20. The maximum Gasteiger partial charge on any atom is 0.165 e. The third kappa shape index (κ3) is 3.07. The highest BCUT2D eigenvalue weighted by Gasteiger charge is 2.29. The SMILES string of the molecule is CCC(N)(CC)C(=O)Cc1ccc(OC)c(F)c1. The lowest BCUT2D eigenvalue weighted by atomic mass is 9.86. The van der Waals surface area contributed by atoms with Crippen molar-refractivity contribution in [3.63, 3.8) is 0 Å². The first-order valence-corrected chi connectivity index (χ1v) is 6.11. The fourth-order valence-electron chi connectivity index (χ4n) is 1.83. The molecular formula is C14H20FNO2. The topological polar surface area (TPSA) is 52.3 Å². The lowest BCUT2D eigenvalue weighted by Gasteiger charge is -2.24. The first-order chi connectivity index (χ1) is 8.46. The molecule has 1 aromatic carbocycles. The van der Waals surface area contributed by atoms with Crippen molar-refractivity contribution >= 4 is 5.78 Å². The molecule has 0 aliphatic heterocycles. The highest BCUT2D eigenvalue weighted by molar-refractivity contribution is 5.89. The van der Waals surface area contributed by atoms with Crippen molar-refractivity contribution in [1.82, 2.24) is 0 Å². The Balaban J connectivity index is 2.85. The summed E-state index contributed by atoms with van der Waals surface area (Å²) in [4.78, 5) is 12.1. The molecule has 2 N–H and O–H groups in total. The van der Waals surface area contributed by atoms with Crippen LogP contribution in [0.3, 0.4) is 0 Å². The van der Waals surface area contributed by atoms with Crippen molar-refractivity contribution < 1.29 is 13.9 Å². The number of ketones is 1. The molecule has 0 bridgehead atoms. The Bertz CT molecular complexity index is 428. The summed E-state index contributed by atoms with van der Waals surface area (Å²) in [6, 6.07) is 4.53. The van der Waals surface area contributed by atoms with Gasteiger partial charge in [0.05, 0.1) is 12.6 Å². The minimum atomic E-state index is -0.809. The normalized spacial score (nSPS) is 11.4. The molecule has 18 heavy (non-hydrogen) atoms. The molecule has 0 unspecified atom stereocenters. The van der Waals surface area contributed by atoms with E-state index in [4.69, 9.17) is 10.5 Å². The minimum Gasteiger partial charge on any atom is -0.494 e. The number of carbonyl (C=O) groups is 1. The molecule has 0 heterocycles. The molecule has 0 fully saturated rings. The fourth-order valence-corrected chi connectivity index (χ4v) is 1.83. The van der Waals surface area contributed by atoms with Gasteiger partial charge < -0.3 is 10.5 Å². The van der Waals surface area contributed by atoms with E-state index < -0.39 is 11.4 Å². The molecule has 0 saturated carbocycles. The van der Waals surface area contributed by atoms with Gasteiger partial charge in [-0.2, -0.15) is 0 Å². The van der Waals surface area contributed by atoms with E-state index in [0.717, 1.165) is 0 Å². The van der Waals surface area contributed by atoms with Crippen molar-refractivity contribution in [1.29, 1.82) is 0 Å². The van der Waals surface area contributed by atoms with Crippen LogP contribution in [-0.4, -0.2) is 18.4 Å². The second kappa shape index (κ2) is 5.96. The van der Waals surface area contributed by atoms with Crippen LogP contribution in [0.15, 0.2) is 18.2 Å². The van der Waals surface area contributed by atoms with Gasteiger partial charge >= 0.3 is 0 Å². The molecule has 0 spiro atoms. The number of nitrogens with two attached hydrogens (primary N) is 1. The maximum absolute atomic E-state index is 13.5. The van der Waals surface area contributed by atoms with Crippen LogP contribution in [0.25, 0.3) is 0 Å². The van der Waals surface area contributed by atoms with Crippen molar-refractivity contribution in [2.75, 3.05) is 7.11 Å². The number of carbonyl (C=O) groups excluding carboxylic acids is 1. The van der Waals surface area contributed by atoms with Crippen LogP contribution in [0.2, 0.25) is 0 Å². The smallest absolute Gasteiger partial charge is 0.165 e. The number of Topliss-reactive ketones (excluding diaryl/α,β-unsaturated/α-hetero) is 1. The first kappa shape index (κ1) is 14.6. The Morgan fingerprint density at radius 3 is 2.44 bits per heavy atom.